The summed E-state index contributed by atoms with van der Waals surface area (Å²) in [5.74, 6) is -0.471. The number of hydrogen-bond donors (Lipinski definition) is 0. The molecule has 0 aliphatic carbocycles. The van der Waals surface area contributed by atoms with Crippen molar-refractivity contribution in [2.75, 3.05) is 33.4 Å². The molecule has 2 fully saturated rings. The Kier molecular flexibility index (Phi) is 3.96. The van der Waals surface area contributed by atoms with Crippen LogP contribution in [0.4, 0.5) is 0 Å². The van der Waals surface area contributed by atoms with E-state index in [-0.39, 0.29) is 36.5 Å². The highest BCUT2D eigenvalue weighted by Gasteiger charge is 2.41. The summed E-state index contributed by atoms with van der Waals surface area (Å²) >= 11 is 0. The first-order valence-electron chi connectivity index (χ1n) is 7.31. The second kappa shape index (κ2) is 5.64. The van der Waals surface area contributed by atoms with Crippen molar-refractivity contribution in [3.05, 3.63) is 29.8 Å². The van der Waals surface area contributed by atoms with Crippen molar-refractivity contribution >= 4 is 15.9 Å². The number of sulfonamides is 1. The molecule has 2 bridgehead atoms. The number of ether oxygens (including phenoxy) is 1. The number of rotatable bonds is 2. The molecule has 0 radical (unpaired) electrons. The second-order valence-corrected chi connectivity index (χ2v) is 7.91. The van der Waals surface area contributed by atoms with Gasteiger partial charge in [0.1, 0.15) is 0 Å². The van der Waals surface area contributed by atoms with Gasteiger partial charge in [0, 0.05) is 20.1 Å². The van der Waals surface area contributed by atoms with Gasteiger partial charge in [-0.15, -0.1) is 0 Å². The molecule has 2 heterocycles. The third kappa shape index (κ3) is 2.64. The van der Waals surface area contributed by atoms with Crippen molar-refractivity contribution in [1.82, 2.24) is 9.21 Å². The smallest absolute Gasteiger partial charge is 0.243 e. The SMILES string of the molecule is Cc1cccc(S(=O)(=O)N2C[C@H]3COC[C@H](C2)N(C)C3=O)c1. The van der Waals surface area contributed by atoms with E-state index < -0.39 is 15.9 Å². The Hall–Kier alpha value is -1.44. The van der Waals surface area contributed by atoms with Crippen molar-refractivity contribution < 1.29 is 17.9 Å². The average Bonchev–Trinajstić information content (AvgIpc) is 2.65. The summed E-state index contributed by atoms with van der Waals surface area (Å²) < 4.78 is 32.7. The van der Waals surface area contributed by atoms with Crippen LogP contribution in [0, 0.1) is 12.8 Å². The molecule has 7 heteroatoms. The fraction of sp³-hybridized carbons (Fsp3) is 0.533. The lowest BCUT2D eigenvalue weighted by atomic mass is 10.1. The Morgan fingerprint density at radius 3 is 2.73 bits per heavy atom. The molecule has 3 rings (SSSR count). The molecule has 22 heavy (non-hydrogen) atoms. The van der Waals surface area contributed by atoms with Crippen molar-refractivity contribution in [2.24, 2.45) is 5.92 Å². The summed E-state index contributed by atoms with van der Waals surface area (Å²) in [5, 5.41) is 0. The van der Waals surface area contributed by atoms with Crippen molar-refractivity contribution in [1.29, 1.82) is 0 Å². The predicted octanol–water partition coefficient (Wildman–Crippen LogP) is 0.473. The summed E-state index contributed by atoms with van der Waals surface area (Å²) in [6, 6.07) is 6.63. The summed E-state index contributed by atoms with van der Waals surface area (Å²) in [5.41, 5.74) is 0.896. The van der Waals surface area contributed by atoms with Crippen molar-refractivity contribution in [3.8, 4) is 0 Å². The molecule has 2 aliphatic rings. The van der Waals surface area contributed by atoms with Crippen LogP contribution in [-0.4, -0.2) is 62.9 Å². The standard InChI is InChI=1S/C15H20N2O4S/c1-11-4-3-5-14(6-11)22(19,20)17-7-12-9-21-10-13(8-17)16(2)15(12)18/h3-6,12-13H,7-10H2,1-2H3/t12-,13-/m0/s1. The monoisotopic (exact) mass is 324 g/mol. The van der Waals surface area contributed by atoms with Gasteiger partial charge in [-0.1, -0.05) is 12.1 Å². The number of carbonyl (C=O) groups excluding carboxylic acids is 1. The quantitative estimate of drug-likeness (QED) is 0.793. The zero-order valence-electron chi connectivity index (χ0n) is 12.7. The third-order valence-electron chi connectivity index (χ3n) is 4.34. The molecule has 0 spiro atoms. The Balaban J connectivity index is 1.96. The lowest BCUT2D eigenvalue weighted by Gasteiger charge is -2.28. The topological polar surface area (TPSA) is 66.9 Å². The van der Waals surface area contributed by atoms with Gasteiger partial charge in [-0.25, -0.2) is 8.42 Å². The maximum absolute atomic E-state index is 12.9. The average molecular weight is 324 g/mol. The molecular formula is C15H20N2O4S. The molecule has 0 unspecified atom stereocenters. The summed E-state index contributed by atoms with van der Waals surface area (Å²) in [4.78, 5) is 14.2. The molecule has 0 saturated carbocycles. The van der Waals surface area contributed by atoms with Crippen LogP contribution in [0.5, 0.6) is 0 Å². The van der Waals surface area contributed by atoms with E-state index in [2.05, 4.69) is 0 Å². The van der Waals surface area contributed by atoms with Gasteiger partial charge in [0.05, 0.1) is 30.1 Å². The molecular weight excluding hydrogens is 304 g/mol. The highest BCUT2D eigenvalue weighted by molar-refractivity contribution is 7.89. The van der Waals surface area contributed by atoms with Crippen LogP contribution in [0.25, 0.3) is 0 Å². The normalized spacial score (nSPS) is 26.8. The maximum atomic E-state index is 12.9. The molecule has 2 aliphatic heterocycles. The Labute approximate surface area is 130 Å². The highest BCUT2D eigenvalue weighted by Crippen LogP contribution is 2.25. The van der Waals surface area contributed by atoms with Crippen molar-refractivity contribution in [3.63, 3.8) is 0 Å². The van der Waals surface area contributed by atoms with Crippen LogP contribution in [0.15, 0.2) is 29.2 Å². The predicted molar refractivity (Wildman–Crippen MR) is 80.8 cm³/mol. The number of nitrogens with zero attached hydrogens (tertiary/aromatic N) is 2. The first kappa shape index (κ1) is 15.5. The molecule has 0 N–H and O–H groups in total. The molecule has 120 valence electrons. The molecule has 1 aromatic rings. The largest absolute Gasteiger partial charge is 0.378 e. The van der Waals surface area contributed by atoms with Crippen molar-refractivity contribution in [2.45, 2.75) is 17.9 Å². The van der Waals surface area contributed by atoms with E-state index in [0.717, 1.165) is 5.56 Å². The van der Waals surface area contributed by atoms with Crippen LogP contribution < -0.4 is 0 Å². The number of hydrogen-bond acceptors (Lipinski definition) is 4. The molecule has 2 atom stereocenters. The summed E-state index contributed by atoms with van der Waals surface area (Å²) in [7, 11) is -1.88. The van der Waals surface area contributed by atoms with E-state index in [0.29, 0.717) is 6.61 Å². The molecule has 1 amide bonds. The Morgan fingerprint density at radius 2 is 2.00 bits per heavy atom. The Bertz CT molecular complexity index is 689. The fourth-order valence-corrected chi connectivity index (χ4v) is 4.61. The Morgan fingerprint density at radius 1 is 1.23 bits per heavy atom. The minimum atomic E-state index is -3.60. The van der Waals surface area contributed by atoms with Crippen LogP contribution >= 0.6 is 0 Å². The number of carbonyl (C=O) groups is 1. The van der Waals surface area contributed by atoms with Gasteiger partial charge in [0.15, 0.2) is 0 Å². The zero-order chi connectivity index (χ0) is 15.9. The fourth-order valence-electron chi connectivity index (χ4n) is 2.98. The molecule has 6 nitrogen and oxygen atoms in total. The van der Waals surface area contributed by atoms with Crippen LogP contribution in [0.1, 0.15) is 5.56 Å². The van der Waals surface area contributed by atoms with E-state index in [1.54, 1.807) is 30.1 Å². The maximum Gasteiger partial charge on any atom is 0.243 e. The second-order valence-electron chi connectivity index (χ2n) is 5.98. The zero-order valence-corrected chi connectivity index (χ0v) is 13.5. The number of likely N-dealkylation sites (N-methyl/N-ethyl adjacent to an activating group) is 1. The van der Waals surface area contributed by atoms with Crippen LogP contribution in [0.2, 0.25) is 0 Å². The van der Waals surface area contributed by atoms with E-state index in [4.69, 9.17) is 4.74 Å². The van der Waals surface area contributed by atoms with Crippen LogP contribution in [0.3, 0.4) is 0 Å². The van der Waals surface area contributed by atoms with Gasteiger partial charge in [0.25, 0.3) is 0 Å². The van der Waals surface area contributed by atoms with Gasteiger partial charge in [-0.3, -0.25) is 4.79 Å². The van der Waals surface area contributed by atoms with Gasteiger partial charge in [-0.05, 0) is 24.6 Å². The van der Waals surface area contributed by atoms with Gasteiger partial charge < -0.3 is 9.64 Å². The summed E-state index contributed by atoms with van der Waals surface area (Å²) in [6.07, 6.45) is 0. The molecule has 2 saturated heterocycles. The first-order chi connectivity index (χ1) is 10.4. The van der Waals surface area contributed by atoms with E-state index >= 15 is 0 Å². The lowest BCUT2D eigenvalue weighted by Crippen LogP contribution is -2.45. The number of benzene rings is 1. The van der Waals surface area contributed by atoms with E-state index in [9.17, 15) is 13.2 Å². The minimum absolute atomic E-state index is 0.0376. The third-order valence-corrected chi connectivity index (χ3v) is 6.17. The minimum Gasteiger partial charge on any atom is -0.378 e. The van der Waals surface area contributed by atoms with E-state index in [1.165, 1.54) is 4.31 Å². The van der Waals surface area contributed by atoms with Gasteiger partial charge in [-0.2, -0.15) is 4.31 Å². The van der Waals surface area contributed by atoms with Gasteiger partial charge in [0.2, 0.25) is 15.9 Å². The van der Waals surface area contributed by atoms with Crippen LogP contribution in [-0.2, 0) is 19.6 Å². The van der Waals surface area contributed by atoms with Gasteiger partial charge >= 0.3 is 0 Å². The number of amides is 1. The first-order valence-corrected chi connectivity index (χ1v) is 8.75. The number of aryl methyl sites for hydroxylation is 1. The molecule has 0 aromatic heterocycles. The summed E-state index contributed by atoms with van der Waals surface area (Å²) in [6.45, 7) is 2.96. The number of fused-ring (bicyclic) bond motifs is 3. The molecule has 1 aromatic carbocycles. The highest BCUT2D eigenvalue weighted by atomic mass is 32.2. The lowest BCUT2D eigenvalue weighted by molar-refractivity contribution is -0.133. The van der Waals surface area contributed by atoms with E-state index in [1.807, 2.05) is 13.0 Å².